The van der Waals surface area contributed by atoms with Crippen molar-refractivity contribution < 1.29 is 13.9 Å². The van der Waals surface area contributed by atoms with Crippen molar-refractivity contribution in [2.45, 2.75) is 33.6 Å². The Morgan fingerprint density at radius 2 is 1.45 bits per heavy atom. The van der Waals surface area contributed by atoms with Crippen molar-refractivity contribution in [3.05, 3.63) is 90.9 Å². The fourth-order valence-corrected chi connectivity index (χ4v) is 3.79. The molecule has 0 bridgehead atoms. The molecular formula is C24H26N4O5. The van der Waals surface area contributed by atoms with Gasteiger partial charge in [0.25, 0.3) is 11.1 Å². The number of carbonyl (C=O) groups is 1. The molecule has 4 aromatic rings. The predicted octanol–water partition coefficient (Wildman–Crippen LogP) is 3.59. The standard InChI is InChI=1S/C24H26N4O5/c1-12(2)11-32-24(31)16-7-5-15(6-8-16)17-9-10-18(33-17)21(19-13(3)25-27-22(19)29)20-14(4)26-28-23(20)30/h5-10,12,21H,11H2,1-4H3,(H2,25,27,29)(H2,26,28,30). The highest BCUT2D eigenvalue weighted by Crippen LogP contribution is 2.34. The minimum absolute atomic E-state index is 0.259. The van der Waals surface area contributed by atoms with E-state index in [4.69, 9.17) is 9.15 Å². The van der Waals surface area contributed by atoms with Crippen LogP contribution >= 0.6 is 0 Å². The summed E-state index contributed by atoms with van der Waals surface area (Å²) in [5, 5.41) is 10.8. The highest BCUT2D eigenvalue weighted by atomic mass is 16.5. The van der Waals surface area contributed by atoms with Crippen LogP contribution in [-0.4, -0.2) is 33.0 Å². The normalized spacial score (nSPS) is 11.5. The van der Waals surface area contributed by atoms with Crippen molar-refractivity contribution in [1.29, 1.82) is 0 Å². The second-order valence-electron chi connectivity index (χ2n) is 8.44. The first-order chi connectivity index (χ1) is 15.8. The minimum Gasteiger partial charge on any atom is -0.462 e. The zero-order valence-corrected chi connectivity index (χ0v) is 18.9. The minimum atomic E-state index is -0.700. The lowest BCUT2D eigenvalue weighted by Gasteiger charge is -2.12. The average Bonchev–Trinajstić information content (AvgIpc) is 3.49. The van der Waals surface area contributed by atoms with Crippen molar-refractivity contribution in [2.75, 3.05) is 6.61 Å². The second kappa shape index (κ2) is 8.85. The maximum Gasteiger partial charge on any atom is 0.338 e. The molecule has 0 aliphatic heterocycles. The van der Waals surface area contributed by atoms with Gasteiger partial charge in [0.2, 0.25) is 0 Å². The first-order valence-electron chi connectivity index (χ1n) is 10.7. The molecule has 0 saturated heterocycles. The van der Waals surface area contributed by atoms with E-state index in [-0.39, 0.29) is 23.0 Å². The highest BCUT2D eigenvalue weighted by Gasteiger charge is 2.30. The van der Waals surface area contributed by atoms with Gasteiger partial charge >= 0.3 is 5.97 Å². The first kappa shape index (κ1) is 22.2. The summed E-state index contributed by atoms with van der Waals surface area (Å²) in [5.41, 5.74) is 2.62. The molecule has 172 valence electrons. The van der Waals surface area contributed by atoms with E-state index in [0.29, 0.717) is 46.2 Å². The van der Waals surface area contributed by atoms with Gasteiger partial charge in [0, 0.05) is 17.0 Å². The zero-order chi connectivity index (χ0) is 23.7. The fraction of sp³-hybridized carbons (Fsp3) is 0.292. The van der Waals surface area contributed by atoms with E-state index in [1.54, 1.807) is 50.2 Å². The number of benzene rings is 1. The largest absolute Gasteiger partial charge is 0.462 e. The van der Waals surface area contributed by atoms with E-state index in [9.17, 15) is 14.4 Å². The molecule has 0 fully saturated rings. The number of H-pyrrole nitrogens is 4. The van der Waals surface area contributed by atoms with Gasteiger partial charge in [-0.15, -0.1) is 0 Å². The van der Waals surface area contributed by atoms with Crippen molar-refractivity contribution in [3.8, 4) is 11.3 Å². The number of aromatic nitrogens is 4. The second-order valence-corrected chi connectivity index (χ2v) is 8.44. The molecule has 0 unspecified atom stereocenters. The molecule has 0 aliphatic carbocycles. The predicted molar refractivity (Wildman–Crippen MR) is 123 cm³/mol. The summed E-state index contributed by atoms with van der Waals surface area (Å²) in [4.78, 5) is 37.3. The molecule has 0 radical (unpaired) electrons. The number of rotatable bonds is 7. The lowest BCUT2D eigenvalue weighted by Crippen LogP contribution is -2.19. The number of ether oxygens (including phenoxy) is 1. The van der Waals surface area contributed by atoms with Crippen molar-refractivity contribution in [3.63, 3.8) is 0 Å². The fourth-order valence-electron chi connectivity index (χ4n) is 3.79. The maximum atomic E-state index is 12.6. The SMILES string of the molecule is Cc1[nH][nH]c(=O)c1C(c1ccc(-c2ccc(C(=O)OCC(C)C)cc2)o1)c1c(C)[nH][nH]c1=O. The Kier molecular flexibility index (Phi) is 5.95. The lowest BCUT2D eigenvalue weighted by atomic mass is 9.89. The van der Waals surface area contributed by atoms with Crippen LogP contribution in [0.15, 0.2) is 50.4 Å². The number of hydrogen-bond donors (Lipinski definition) is 4. The molecule has 3 aromatic heterocycles. The van der Waals surface area contributed by atoms with Crippen molar-refractivity contribution >= 4 is 5.97 Å². The summed E-state index contributed by atoms with van der Waals surface area (Å²) in [5.74, 6) is 0.182. The van der Waals surface area contributed by atoms with Crippen LogP contribution in [0.4, 0.5) is 0 Å². The quantitative estimate of drug-likeness (QED) is 0.319. The molecule has 9 heteroatoms. The average molecular weight is 450 g/mol. The van der Waals surface area contributed by atoms with Gasteiger partial charge in [-0.3, -0.25) is 19.8 Å². The van der Waals surface area contributed by atoms with Crippen LogP contribution < -0.4 is 11.1 Å². The van der Waals surface area contributed by atoms with Gasteiger partial charge < -0.3 is 19.4 Å². The molecule has 0 atom stereocenters. The molecule has 33 heavy (non-hydrogen) atoms. The van der Waals surface area contributed by atoms with Gasteiger partial charge in [0.05, 0.1) is 29.2 Å². The summed E-state index contributed by atoms with van der Waals surface area (Å²) in [6.07, 6.45) is 0. The molecule has 0 saturated carbocycles. The Bertz CT molecular complexity index is 1330. The molecule has 9 nitrogen and oxygen atoms in total. The van der Waals surface area contributed by atoms with E-state index in [1.165, 1.54) is 0 Å². The summed E-state index contributed by atoms with van der Waals surface area (Å²) < 4.78 is 11.4. The Hall–Kier alpha value is -4.01. The third-order valence-electron chi connectivity index (χ3n) is 5.47. The Morgan fingerprint density at radius 1 is 0.879 bits per heavy atom. The number of hydrogen-bond acceptors (Lipinski definition) is 5. The van der Waals surface area contributed by atoms with Crippen molar-refractivity contribution in [2.24, 2.45) is 5.92 Å². The molecular weight excluding hydrogens is 424 g/mol. The van der Waals surface area contributed by atoms with Gasteiger partial charge in [0.15, 0.2) is 0 Å². The van der Waals surface area contributed by atoms with Gasteiger partial charge in [0.1, 0.15) is 11.5 Å². The van der Waals surface area contributed by atoms with Gasteiger partial charge in [-0.05, 0) is 44.0 Å². The summed E-state index contributed by atoms with van der Waals surface area (Å²) in [6, 6.07) is 10.4. The van der Waals surface area contributed by atoms with Crippen LogP contribution in [0.1, 0.15) is 58.4 Å². The molecule has 1 aromatic carbocycles. The van der Waals surface area contributed by atoms with Gasteiger partial charge in [-0.2, -0.15) is 0 Å². The summed E-state index contributed by atoms with van der Waals surface area (Å²) in [6.45, 7) is 7.83. The third kappa shape index (κ3) is 4.34. The molecule has 0 aliphatic rings. The number of carbonyl (C=O) groups excluding carboxylic acids is 1. The van der Waals surface area contributed by atoms with Crippen LogP contribution in [-0.2, 0) is 4.74 Å². The number of esters is 1. The Morgan fingerprint density at radius 3 is 1.94 bits per heavy atom. The molecule has 0 amide bonds. The van der Waals surface area contributed by atoms with Crippen LogP contribution in [0.25, 0.3) is 11.3 Å². The Labute approximate surface area is 189 Å². The van der Waals surface area contributed by atoms with Crippen LogP contribution in [0, 0.1) is 19.8 Å². The summed E-state index contributed by atoms with van der Waals surface area (Å²) in [7, 11) is 0. The van der Waals surface area contributed by atoms with Crippen LogP contribution in [0.5, 0.6) is 0 Å². The molecule has 4 N–H and O–H groups in total. The van der Waals surface area contributed by atoms with Gasteiger partial charge in [-0.25, -0.2) is 4.79 Å². The highest BCUT2D eigenvalue weighted by molar-refractivity contribution is 5.90. The maximum absolute atomic E-state index is 12.6. The zero-order valence-electron chi connectivity index (χ0n) is 18.9. The Balaban J connectivity index is 1.69. The molecule has 3 heterocycles. The number of aromatic amines is 4. The number of aryl methyl sites for hydroxylation is 2. The van der Waals surface area contributed by atoms with Gasteiger partial charge in [-0.1, -0.05) is 26.0 Å². The van der Waals surface area contributed by atoms with E-state index in [1.807, 2.05) is 13.8 Å². The molecule has 0 spiro atoms. The van der Waals surface area contributed by atoms with Crippen LogP contribution in [0.2, 0.25) is 0 Å². The lowest BCUT2D eigenvalue weighted by molar-refractivity contribution is 0.0459. The smallest absolute Gasteiger partial charge is 0.338 e. The van der Waals surface area contributed by atoms with Crippen LogP contribution in [0.3, 0.4) is 0 Å². The van der Waals surface area contributed by atoms with E-state index >= 15 is 0 Å². The summed E-state index contributed by atoms with van der Waals surface area (Å²) >= 11 is 0. The monoisotopic (exact) mass is 450 g/mol. The van der Waals surface area contributed by atoms with Crippen molar-refractivity contribution in [1.82, 2.24) is 20.4 Å². The van der Waals surface area contributed by atoms with E-state index in [2.05, 4.69) is 20.4 Å². The molecule has 4 rings (SSSR count). The first-order valence-corrected chi connectivity index (χ1v) is 10.7. The topological polar surface area (TPSA) is 137 Å². The number of furan rings is 1. The number of nitrogens with one attached hydrogen (secondary N) is 4. The van der Waals surface area contributed by atoms with E-state index < -0.39 is 5.92 Å². The van der Waals surface area contributed by atoms with E-state index in [0.717, 1.165) is 5.56 Å². The third-order valence-corrected chi connectivity index (χ3v) is 5.47.